The van der Waals surface area contributed by atoms with Crippen molar-refractivity contribution in [2.75, 3.05) is 52.4 Å². The predicted octanol–water partition coefficient (Wildman–Crippen LogP) is 11.5. The summed E-state index contributed by atoms with van der Waals surface area (Å²) in [5.74, 6) is 0.437. The molecule has 26 heteroatoms. The summed E-state index contributed by atoms with van der Waals surface area (Å²) in [4.78, 5) is 62.3. The average Bonchev–Trinajstić information content (AvgIpc) is 4.00. The van der Waals surface area contributed by atoms with E-state index in [1.54, 1.807) is 6.07 Å². The molecule has 0 spiro atoms. The smallest absolute Gasteiger partial charge is 0.426 e. The minimum Gasteiger partial charge on any atom is -0.426 e. The molecule has 2 aliphatic carbocycles. The number of hydrogen-bond donors (Lipinski definition) is 0. The third-order valence-electron chi connectivity index (χ3n) is 13.1. The standard InChI is InChI=1S/C24H31ClF6N2O2.C20H23ClF6N2O2.2CO2/c1-21(2,3)22(8-4-5-9-22)18-14-17(25)7-6-16(18)15-32-10-12-33(13-11-32)20(34)35-19(23(26,27)28)24(29,30)31;21-15-6-5-14(16(11-15)13-3-1-2-4-13)12-28-7-9-29(10-8-28)18(30)31-17(19(22,23)24)20(25,26)27;2*2-1-3/h6-7,14,19H,4-5,8-13,15H2,1-3H3;5-6,11,13,17H,1-4,7-10,12H2;;. The molecule has 2 amide bonds. The fraction of sp³-hybridized carbons (Fsp3) is 0.652. The van der Waals surface area contributed by atoms with Gasteiger partial charge in [0.15, 0.2) is 0 Å². The number of halogens is 14. The maximum absolute atomic E-state index is 12.7. The van der Waals surface area contributed by atoms with E-state index in [0.717, 1.165) is 72.3 Å². The molecule has 0 unspecified atom stereocenters. The molecule has 0 atom stereocenters. The third-order valence-corrected chi connectivity index (χ3v) is 13.5. The maximum atomic E-state index is 12.7. The van der Waals surface area contributed by atoms with Crippen molar-refractivity contribution >= 4 is 47.7 Å². The van der Waals surface area contributed by atoms with Crippen molar-refractivity contribution in [2.24, 2.45) is 5.41 Å². The number of hydrogen-bond acceptors (Lipinski definition) is 10. The lowest BCUT2D eigenvalue weighted by molar-refractivity contribution is -0.309. The van der Waals surface area contributed by atoms with Gasteiger partial charge in [0.05, 0.1) is 0 Å². The van der Waals surface area contributed by atoms with Crippen LogP contribution in [0.2, 0.25) is 10.0 Å². The summed E-state index contributed by atoms with van der Waals surface area (Å²) in [6.45, 7) is 8.89. The Labute approximate surface area is 417 Å². The molecular weight excluding hydrogens is 1040 g/mol. The Bertz CT molecular complexity index is 2110. The lowest BCUT2D eigenvalue weighted by atomic mass is 9.60. The van der Waals surface area contributed by atoms with Crippen LogP contribution in [0.15, 0.2) is 36.4 Å². The number of benzene rings is 2. The summed E-state index contributed by atoms with van der Waals surface area (Å²) in [7, 11) is 0. The number of ether oxygens (including phenoxy) is 2. The molecule has 2 heterocycles. The van der Waals surface area contributed by atoms with Crippen LogP contribution in [0.3, 0.4) is 0 Å². The highest BCUT2D eigenvalue weighted by Gasteiger charge is 2.61. The van der Waals surface area contributed by atoms with E-state index in [1.165, 1.54) is 11.1 Å². The van der Waals surface area contributed by atoms with Crippen molar-refractivity contribution in [3.63, 3.8) is 0 Å². The van der Waals surface area contributed by atoms with Gasteiger partial charge in [-0.15, -0.1) is 0 Å². The zero-order valence-electron chi connectivity index (χ0n) is 39.3. The highest BCUT2D eigenvalue weighted by Crippen LogP contribution is 2.54. The first-order chi connectivity index (χ1) is 33.3. The van der Waals surface area contributed by atoms with Crippen LogP contribution in [-0.4, -0.2) is 133 Å². The summed E-state index contributed by atoms with van der Waals surface area (Å²) in [6.07, 6.45) is -25.1. The molecule has 0 bridgehead atoms. The Kier molecular flexibility index (Phi) is 22.3. The second-order valence-corrected chi connectivity index (χ2v) is 19.4. The zero-order chi connectivity index (χ0) is 54.5. The molecule has 2 aromatic rings. The van der Waals surface area contributed by atoms with E-state index < -0.39 is 49.1 Å². The second-order valence-electron chi connectivity index (χ2n) is 18.6. The summed E-state index contributed by atoms with van der Waals surface area (Å²) in [6, 6.07) is 11.6. The van der Waals surface area contributed by atoms with Crippen LogP contribution in [0.25, 0.3) is 0 Å². The summed E-state index contributed by atoms with van der Waals surface area (Å²) >= 11 is 12.5. The molecule has 4 fully saturated rings. The topological polar surface area (TPSA) is 134 Å². The minimum absolute atomic E-state index is 0.00110. The van der Waals surface area contributed by atoms with Crippen molar-refractivity contribution < 1.29 is 90.9 Å². The molecule has 2 aromatic carbocycles. The average molecular weight is 1090 g/mol. The molecular formula is C46H54Cl2F12N4O8. The molecule has 2 saturated heterocycles. The van der Waals surface area contributed by atoms with Crippen molar-refractivity contribution in [1.29, 1.82) is 0 Å². The molecule has 0 N–H and O–H groups in total. The Morgan fingerprint density at radius 1 is 0.583 bits per heavy atom. The summed E-state index contributed by atoms with van der Waals surface area (Å²) < 4.78 is 160. The predicted molar refractivity (Wildman–Crippen MR) is 232 cm³/mol. The first kappa shape index (κ1) is 61.7. The largest absolute Gasteiger partial charge is 0.434 e. The van der Waals surface area contributed by atoms with E-state index in [4.69, 9.17) is 42.4 Å². The van der Waals surface area contributed by atoms with Crippen molar-refractivity contribution in [3.05, 3.63) is 68.7 Å². The normalized spacial score (nSPS) is 18.2. The molecule has 404 valence electrons. The lowest BCUT2D eigenvalue weighted by Gasteiger charge is -2.44. The fourth-order valence-electron chi connectivity index (χ4n) is 9.51. The molecule has 2 saturated carbocycles. The van der Waals surface area contributed by atoms with E-state index in [0.29, 0.717) is 55.2 Å². The van der Waals surface area contributed by atoms with Crippen molar-refractivity contribution in [3.8, 4) is 0 Å². The quantitative estimate of drug-likeness (QED) is 0.235. The molecule has 72 heavy (non-hydrogen) atoms. The number of carbonyl (C=O) groups excluding carboxylic acids is 6. The van der Waals surface area contributed by atoms with Gasteiger partial charge in [0.2, 0.25) is 0 Å². The number of rotatable bonds is 8. The van der Waals surface area contributed by atoms with Gasteiger partial charge in [0.1, 0.15) is 0 Å². The van der Waals surface area contributed by atoms with E-state index >= 15 is 0 Å². The van der Waals surface area contributed by atoms with Crippen LogP contribution < -0.4 is 0 Å². The minimum atomic E-state index is -5.73. The molecule has 4 aliphatic rings. The molecule has 0 radical (unpaired) electrons. The Morgan fingerprint density at radius 3 is 1.29 bits per heavy atom. The second kappa shape index (κ2) is 26.1. The van der Waals surface area contributed by atoms with Crippen LogP contribution in [-0.2, 0) is 47.2 Å². The van der Waals surface area contributed by atoms with Gasteiger partial charge in [-0.3, -0.25) is 9.80 Å². The van der Waals surface area contributed by atoms with Crippen LogP contribution in [0, 0.1) is 5.41 Å². The fourth-order valence-corrected chi connectivity index (χ4v) is 9.86. The van der Waals surface area contributed by atoms with Crippen LogP contribution in [0.1, 0.15) is 100 Å². The van der Waals surface area contributed by atoms with Gasteiger partial charge in [-0.05, 0) is 83.5 Å². The number of amides is 2. The summed E-state index contributed by atoms with van der Waals surface area (Å²) in [5, 5.41) is 1.30. The van der Waals surface area contributed by atoms with Gasteiger partial charge in [-0.25, -0.2) is 9.59 Å². The Balaban J connectivity index is 0.000000345. The highest BCUT2D eigenvalue weighted by atomic mass is 35.5. The highest BCUT2D eigenvalue weighted by molar-refractivity contribution is 6.31. The molecule has 0 aromatic heterocycles. The van der Waals surface area contributed by atoms with Crippen LogP contribution in [0.4, 0.5) is 62.3 Å². The first-order valence-electron chi connectivity index (χ1n) is 22.5. The lowest BCUT2D eigenvalue weighted by Crippen LogP contribution is -2.52. The number of alkyl halides is 12. The molecule has 6 rings (SSSR count). The SMILES string of the molecule is CC(C)(C)C1(c2cc(Cl)ccc2CN2CCN(C(=O)OC(C(F)(F)F)C(F)(F)F)CC2)CCCC1.O=C(OC(C(F)(F)F)C(F)(F)F)N1CCN(Cc2ccc(Cl)cc2C2CCCC2)CC1.O=C=O.O=C=O. The Morgan fingerprint density at radius 2 is 0.931 bits per heavy atom. The van der Waals surface area contributed by atoms with E-state index in [2.05, 4.69) is 30.2 Å². The number of piperazine rings is 2. The third kappa shape index (κ3) is 17.5. The van der Waals surface area contributed by atoms with Crippen LogP contribution >= 0.6 is 23.2 Å². The van der Waals surface area contributed by atoms with E-state index in [9.17, 15) is 62.3 Å². The van der Waals surface area contributed by atoms with Gasteiger partial charge in [-0.1, -0.05) is 81.8 Å². The number of carbonyl (C=O) groups is 2. The van der Waals surface area contributed by atoms with Crippen molar-refractivity contribution in [2.45, 2.75) is 133 Å². The maximum Gasteiger partial charge on any atom is 0.434 e. The monoisotopic (exact) mass is 1090 g/mol. The van der Waals surface area contributed by atoms with Gasteiger partial charge in [-0.2, -0.15) is 71.9 Å². The van der Waals surface area contributed by atoms with Gasteiger partial charge in [0.25, 0.3) is 12.2 Å². The van der Waals surface area contributed by atoms with Gasteiger partial charge >= 0.3 is 49.2 Å². The Hall–Kier alpha value is -4.60. The summed E-state index contributed by atoms with van der Waals surface area (Å²) in [5.41, 5.74) is 4.53. The van der Waals surface area contributed by atoms with E-state index in [-0.39, 0.29) is 49.3 Å². The molecule has 12 nitrogen and oxygen atoms in total. The molecule has 2 aliphatic heterocycles. The van der Waals surface area contributed by atoms with Gasteiger partial charge in [0, 0.05) is 80.9 Å². The zero-order valence-corrected chi connectivity index (χ0v) is 40.8. The van der Waals surface area contributed by atoms with Crippen LogP contribution in [0.5, 0.6) is 0 Å². The van der Waals surface area contributed by atoms with Gasteiger partial charge < -0.3 is 19.3 Å². The van der Waals surface area contributed by atoms with Crippen molar-refractivity contribution in [1.82, 2.24) is 19.6 Å². The first-order valence-corrected chi connectivity index (χ1v) is 23.3. The number of nitrogens with zero attached hydrogens (tertiary/aromatic N) is 4. The van der Waals surface area contributed by atoms with E-state index in [1.807, 2.05) is 40.1 Å².